The minimum absolute atomic E-state index is 0.0570. The topological polar surface area (TPSA) is 152 Å². The van der Waals surface area contributed by atoms with Crippen molar-refractivity contribution in [2.24, 2.45) is 11.7 Å². The quantitative estimate of drug-likeness (QED) is 0.273. The fourth-order valence-corrected chi connectivity index (χ4v) is 6.23. The molecule has 4 N–H and O–H groups in total. The van der Waals surface area contributed by atoms with Gasteiger partial charge >= 0.3 is 0 Å². The molecule has 11 nitrogen and oxygen atoms in total. The highest BCUT2D eigenvalue weighted by Gasteiger charge is 2.39. The Hall–Kier alpha value is -3.32. The molecule has 0 saturated carbocycles. The molecule has 0 unspecified atom stereocenters. The molecule has 1 fully saturated rings. The molecule has 1 saturated heterocycles. The van der Waals surface area contributed by atoms with Crippen LogP contribution < -0.4 is 16.0 Å². The monoisotopic (exact) mass is 570 g/mol. The number of pyridine rings is 1. The summed E-state index contributed by atoms with van der Waals surface area (Å²) in [5.74, 6) is 1.78. The number of nitrogens with two attached hydrogens (primary N) is 1. The fraction of sp³-hybridized carbons (Fsp3) is 0.385. The van der Waals surface area contributed by atoms with Crippen LogP contribution in [0.5, 0.6) is 0 Å². The zero-order chi connectivity index (χ0) is 27.9. The fourth-order valence-electron chi connectivity index (χ4n) is 4.92. The molecule has 0 radical (unpaired) electrons. The number of sulfone groups is 1. The van der Waals surface area contributed by atoms with E-state index in [1.54, 1.807) is 23.1 Å². The number of aliphatic hydroxyl groups excluding tert-OH is 1. The van der Waals surface area contributed by atoms with Gasteiger partial charge in [0.15, 0.2) is 11.0 Å². The van der Waals surface area contributed by atoms with Crippen LogP contribution in [-0.4, -0.2) is 69.6 Å². The maximum absolute atomic E-state index is 11.8. The van der Waals surface area contributed by atoms with Crippen LogP contribution in [0, 0.1) is 5.92 Å². The standard InChI is InChI=1S/C26H31ClN8O3S/c1-15(2)17-4-5-21(35-12-16(25(35)28)14-39(3,37)38)19-11-30-23(10-18(17)19)31-22-6-7-29-26(32-22)20-13-34(8-9-36)33-24(20)27/h4-7,10-11,13,15-16,25,36H,8-9,12,14,28H2,1-3H3,(H,29,30,31,32)/t16-,25+/m1/s1. The van der Waals surface area contributed by atoms with E-state index in [-0.39, 0.29) is 35.5 Å². The van der Waals surface area contributed by atoms with Gasteiger partial charge in [0.05, 0.1) is 30.6 Å². The Morgan fingerprint density at radius 3 is 2.69 bits per heavy atom. The summed E-state index contributed by atoms with van der Waals surface area (Å²) in [6.45, 7) is 5.11. The maximum atomic E-state index is 11.8. The van der Waals surface area contributed by atoms with E-state index in [9.17, 15) is 13.5 Å². The molecular weight excluding hydrogens is 540 g/mol. The van der Waals surface area contributed by atoms with Gasteiger partial charge in [0.25, 0.3) is 0 Å². The zero-order valence-corrected chi connectivity index (χ0v) is 23.5. The molecule has 2 atom stereocenters. The molecule has 3 aromatic heterocycles. The third-order valence-corrected chi connectivity index (χ3v) is 8.15. The summed E-state index contributed by atoms with van der Waals surface area (Å²) < 4.78 is 25.1. The SMILES string of the molecule is CC(C)c1ccc(N2C[C@H](CS(C)(=O)=O)[C@H]2N)c2cnc(Nc3ccnc(-c4cn(CCO)nc4Cl)n3)cc12. The van der Waals surface area contributed by atoms with Crippen molar-refractivity contribution in [3.63, 3.8) is 0 Å². The summed E-state index contributed by atoms with van der Waals surface area (Å²) in [5.41, 5.74) is 9.06. The lowest BCUT2D eigenvalue weighted by molar-refractivity contribution is 0.269. The second-order valence-electron chi connectivity index (χ2n) is 10.1. The van der Waals surface area contributed by atoms with Gasteiger partial charge in [-0.25, -0.2) is 23.4 Å². The van der Waals surface area contributed by atoms with Crippen molar-refractivity contribution < 1.29 is 13.5 Å². The minimum atomic E-state index is -3.10. The normalized spacial score (nSPS) is 17.6. The first-order valence-electron chi connectivity index (χ1n) is 12.6. The van der Waals surface area contributed by atoms with Gasteiger partial charge < -0.3 is 21.1 Å². The van der Waals surface area contributed by atoms with Crippen LogP contribution in [-0.2, 0) is 16.4 Å². The van der Waals surface area contributed by atoms with E-state index >= 15 is 0 Å². The Balaban J connectivity index is 1.45. The Kier molecular flexibility index (Phi) is 7.47. The molecule has 0 bridgehead atoms. The summed E-state index contributed by atoms with van der Waals surface area (Å²) in [5, 5.41) is 18.8. The second-order valence-corrected chi connectivity index (χ2v) is 12.7. The molecule has 1 aliphatic rings. The summed E-state index contributed by atoms with van der Waals surface area (Å²) in [4.78, 5) is 15.6. The average molecular weight is 571 g/mol. The molecule has 0 aliphatic carbocycles. The lowest BCUT2D eigenvalue weighted by Gasteiger charge is -2.47. The van der Waals surface area contributed by atoms with Gasteiger partial charge in [-0.2, -0.15) is 5.10 Å². The lowest BCUT2D eigenvalue weighted by atomic mass is 9.92. The summed E-state index contributed by atoms with van der Waals surface area (Å²) in [6.07, 6.45) is 6.00. The van der Waals surface area contributed by atoms with Gasteiger partial charge in [0.2, 0.25) is 0 Å². The Bertz CT molecular complexity index is 1620. The number of nitrogens with one attached hydrogen (secondary N) is 1. The van der Waals surface area contributed by atoms with Crippen molar-refractivity contribution in [3.05, 3.63) is 53.6 Å². The van der Waals surface area contributed by atoms with Gasteiger partial charge in [-0.05, 0) is 35.1 Å². The molecule has 5 rings (SSSR count). The predicted molar refractivity (Wildman–Crippen MR) is 153 cm³/mol. The number of halogens is 1. The number of benzene rings is 1. The number of hydrogen-bond donors (Lipinski definition) is 3. The van der Waals surface area contributed by atoms with E-state index < -0.39 is 9.84 Å². The Labute approximate surface area is 232 Å². The largest absolute Gasteiger partial charge is 0.394 e. The molecule has 206 valence electrons. The van der Waals surface area contributed by atoms with Crippen molar-refractivity contribution in [1.29, 1.82) is 0 Å². The first-order chi connectivity index (χ1) is 18.5. The van der Waals surface area contributed by atoms with Crippen molar-refractivity contribution in [1.82, 2.24) is 24.7 Å². The molecule has 13 heteroatoms. The van der Waals surface area contributed by atoms with Crippen LogP contribution in [0.3, 0.4) is 0 Å². The van der Waals surface area contributed by atoms with Crippen LogP contribution in [0.15, 0.2) is 42.9 Å². The highest BCUT2D eigenvalue weighted by molar-refractivity contribution is 7.90. The molecule has 0 amide bonds. The number of anilines is 3. The van der Waals surface area contributed by atoms with Gasteiger partial charge in [0.1, 0.15) is 21.5 Å². The van der Waals surface area contributed by atoms with Gasteiger partial charge in [0, 0.05) is 48.4 Å². The second kappa shape index (κ2) is 10.7. The van der Waals surface area contributed by atoms with Crippen molar-refractivity contribution in [2.75, 3.05) is 35.4 Å². The molecule has 1 aliphatic heterocycles. The minimum Gasteiger partial charge on any atom is -0.394 e. The molecule has 4 heterocycles. The van der Waals surface area contributed by atoms with Gasteiger partial charge in [-0.3, -0.25) is 4.68 Å². The highest BCUT2D eigenvalue weighted by atomic mass is 35.5. The Morgan fingerprint density at radius 2 is 2.00 bits per heavy atom. The molecule has 0 spiro atoms. The zero-order valence-electron chi connectivity index (χ0n) is 21.9. The van der Waals surface area contributed by atoms with E-state index in [1.807, 2.05) is 23.2 Å². The first-order valence-corrected chi connectivity index (χ1v) is 15.0. The van der Waals surface area contributed by atoms with Crippen LogP contribution in [0.2, 0.25) is 5.15 Å². The first kappa shape index (κ1) is 27.3. The molecular formula is C26H31ClN8O3S. The third-order valence-electron chi connectivity index (χ3n) is 6.83. The molecule has 4 aromatic rings. The van der Waals surface area contributed by atoms with E-state index in [4.69, 9.17) is 17.3 Å². The molecule has 1 aromatic carbocycles. The number of aromatic nitrogens is 5. The number of hydrogen-bond acceptors (Lipinski definition) is 10. The highest BCUT2D eigenvalue weighted by Crippen LogP contribution is 2.38. The maximum Gasteiger partial charge on any atom is 0.166 e. The summed E-state index contributed by atoms with van der Waals surface area (Å²) in [6, 6.07) is 7.86. The third kappa shape index (κ3) is 5.69. The number of rotatable bonds is 9. The predicted octanol–water partition coefficient (Wildman–Crippen LogP) is 3.17. The van der Waals surface area contributed by atoms with Gasteiger partial charge in [-0.1, -0.05) is 31.5 Å². The smallest absolute Gasteiger partial charge is 0.166 e. The van der Waals surface area contributed by atoms with Crippen LogP contribution in [0.4, 0.5) is 17.3 Å². The van der Waals surface area contributed by atoms with E-state index in [0.717, 1.165) is 22.0 Å². The number of nitrogens with zero attached hydrogens (tertiary/aromatic N) is 6. The van der Waals surface area contributed by atoms with Crippen LogP contribution >= 0.6 is 11.6 Å². The average Bonchev–Trinajstić information content (AvgIpc) is 3.25. The van der Waals surface area contributed by atoms with E-state index in [2.05, 4.69) is 45.3 Å². The van der Waals surface area contributed by atoms with Crippen LogP contribution in [0.25, 0.3) is 22.2 Å². The van der Waals surface area contributed by atoms with Crippen LogP contribution in [0.1, 0.15) is 25.3 Å². The van der Waals surface area contributed by atoms with Crippen molar-refractivity contribution in [2.45, 2.75) is 32.5 Å². The lowest BCUT2D eigenvalue weighted by Crippen LogP contribution is -2.63. The van der Waals surface area contributed by atoms with Gasteiger partial charge in [-0.15, -0.1) is 0 Å². The summed E-state index contributed by atoms with van der Waals surface area (Å²) in [7, 11) is -3.10. The summed E-state index contributed by atoms with van der Waals surface area (Å²) >= 11 is 6.28. The van der Waals surface area contributed by atoms with E-state index in [1.165, 1.54) is 6.26 Å². The Morgan fingerprint density at radius 1 is 1.21 bits per heavy atom. The van der Waals surface area contributed by atoms with Crippen molar-refractivity contribution >= 4 is 49.5 Å². The number of aliphatic hydroxyl groups is 1. The van der Waals surface area contributed by atoms with Crippen molar-refractivity contribution in [3.8, 4) is 11.4 Å². The number of fused-ring (bicyclic) bond motifs is 1. The van der Waals surface area contributed by atoms with E-state index in [0.29, 0.717) is 36.1 Å². The molecule has 39 heavy (non-hydrogen) atoms.